The molecule has 2 heterocycles. The highest BCUT2D eigenvalue weighted by atomic mass is 35.5. The summed E-state index contributed by atoms with van der Waals surface area (Å²) in [6, 6.07) is 5.44. The zero-order valence-corrected chi connectivity index (χ0v) is 10.7. The molecule has 0 radical (unpaired) electrons. The highest BCUT2D eigenvalue weighted by Crippen LogP contribution is 2.30. The lowest BCUT2D eigenvalue weighted by Crippen LogP contribution is -1.98. The van der Waals surface area contributed by atoms with Crippen LogP contribution in [0.15, 0.2) is 18.2 Å². The predicted octanol–water partition coefficient (Wildman–Crippen LogP) is 3.66. The largest absolute Gasteiger partial charge is 0.377 e. The SMILES string of the molecule is COCc1nc(Cl)cc(-c2ccc(Cl)s2)n1. The molecule has 0 saturated carbocycles. The molecule has 84 valence electrons. The van der Waals surface area contributed by atoms with Crippen LogP contribution in [0, 0.1) is 0 Å². The highest BCUT2D eigenvalue weighted by molar-refractivity contribution is 7.19. The molecular weight excluding hydrogens is 267 g/mol. The van der Waals surface area contributed by atoms with Crippen molar-refractivity contribution in [3.05, 3.63) is 33.5 Å². The first-order valence-corrected chi connectivity index (χ1v) is 6.04. The molecule has 6 heteroatoms. The Morgan fingerprint density at radius 1 is 1.31 bits per heavy atom. The molecule has 16 heavy (non-hydrogen) atoms. The summed E-state index contributed by atoms with van der Waals surface area (Å²) in [6.45, 7) is 0.340. The smallest absolute Gasteiger partial charge is 0.156 e. The summed E-state index contributed by atoms with van der Waals surface area (Å²) in [7, 11) is 1.59. The third-order valence-electron chi connectivity index (χ3n) is 1.84. The standard InChI is InChI=1S/C10H8Cl2N2OS/c1-15-5-10-13-6(4-8(11)14-10)7-2-3-9(12)16-7/h2-4H,5H2,1H3. The average molecular weight is 275 g/mol. The van der Waals surface area contributed by atoms with Gasteiger partial charge >= 0.3 is 0 Å². The summed E-state index contributed by atoms with van der Waals surface area (Å²) in [5.41, 5.74) is 0.768. The van der Waals surface area contributed by atoms with Crippen LogP contribution in [-0.4, -0.2) is 17.1 Å². The van der Waals surface area contributed by atoms with Crippen molar-refractivity contribution >= 4 is 34.5 Å². The minimum atomic E-state index is 0.340. The summed E-state index contributed by atoms with van der Waals surface area (Å²) >= 11 is 13.2. The number of hydrogen-bond donors (Lipinski definition) is 0. The van der Waals surface area contributed by atoms with Crippen molar-refractivity contribution in [3.8, 4) is 10.6 Å². The van der Waals surface area contributed by atoms with Crippen LogP contribution in [0.5, 0.6) is 0 Å². The summed E-state index contributed by atoms with van der Waals surface area (Å²) in [5, 5.41) is 0.404. The monoisotopic (exact) mass is 274 g/mol. The van der Waals surface area contributed by atoms with E-state index in [1.165, 1.54) is 11.3 Å². The fraction of sp³-hybridized carbons (Fsp3) is 0.200. The molecule has 0 spiro atoms. The molecule has 3 nitrogen and oxygen atoms in total. The van der Waals surface area contributed by atoms with E-state index in [0.717, 1.165) is 14.9 Å². The van der Waals surface area contributed by atoms with Gasteiger partial charge in [0.25, 0.3) is 0 Å². The Bertz CT molecular complexity index is 501. The van der Waals surface area contributed by atoms with Gasteiger partial charge in [-0.3, -0.25) is 0 Å². The first-order valence-electron chi connectivity index (χ1n) is 4.47. The molecule has 2 rings (SSSR count). The van der Waals surface area contributed by atoms with E-state index in [2.05, 4.69) is 9.97 Å². The number of rotatable bonds is 3. The van der Waals surface area contributed by atoms with Gasteiger partial charge in [0, 0.05) is 13.2 Å². The fourth-order valence-corrected chi connectivity index (χ4v) is 2.44. The Morgan fingerprint density at radius 2 is 2.12 bits per heavy atom. The average Bonchev–Trinajstić information content (AvgIpc) is 2.64. The lowest BCUT2D eigenvalue weighted by atomic mass is 10.3. The molecule has 0 bridgehead atoms. The highest BCUT2D eigenvalue weighted by Gasteiger charge is 2.07. The third-order valence-corrected chi connectivity index (χ3v) is 3.29. The number of hydrogen-bond acceptors (Lipinski definition) is 4. The quantitative estimate of drug-likeness (QED) is 0.802. The molecule has 0 N–H and O–H groups in total. The van der Waals surface area contributed by atoms with Crippen molar-refractivity contribution in [3.63, 3.8) is 0 Å². The maximum Gasteiger partial charge on any atom is 0.156 e. The van der Waals surface area contributed by atoms with E-state index >= 15 is 0 Å². The number of aromatic nitrogens is 2. The summed E-state index contributed by atoms with van der Waals surface area (Å²) < 4.78 is 5.69. The molecule has 0 aromatic carbocycles. The Labute approximate surface area is 107 Å². The van der Waals surface area contributed by atoms with Gasteiger partial charge in [-0.1, -0.05) is 23.2 Å². The Kier molecular flexibility index (Phi) is 3.76. The van der Waals surface area contributed by atoms with Gasteiger partial charge in [-0.2, -0.15) is 0 Å². The van der Waals surface area contributed by atoms with Crippen molar-refractivity contribution in [1.82, 2.24) is 9.97 Å². The number of halogens is 2. The second-order valence-corrected chi connectivity index (χ2v) is 5.13. The van der Waals surface area contributed by atoms with E-state index in [1.54, 1.807) is 13.2 Å². The van der Waals surface area contributed by atoms with Crippen LogP contribution in [0.1, 0.15) is 5.82 Å². The van der Waals surface area contributed by atoms with Crippen LogP contribution in [-0.2, 0) is 11.3 Å². The van der Waals surface area contributed by atoms with E-state index in [4.69, 9.17) is 27.9 Å². The molecular formula is C10H8Cl2N2OS. The van der Waals surface area contributed by atoms with Crippen LogP contribution in [0.4, 0.5) is 0 Å². The van der Waals surface area contributed by atoms with E-state index < -0.39 is 0 Å². The Morgan fingerprint density at radius 3 is 2.75 bits per heavy atom. The molecule has 2 aromatic heterocycles. The van der Waals surface area contributed by atoms with Gasteiger partial charge in [0.2, 0.25) is 0 Å². The molecule has 0 atom stereocenters. The number of methoxy groups -OCH3 is 1. The maximum absolute atomic E-state index is 5.91. The van der Waals surface area contributed by atoms with Gasteiger partial charge in [-0.25, -0.2) is 9.97 Å². The second-order valence-electron chi connectivity index (χ2n) is 3.03. The van der Waals surface area contributed by atoms with E-state index in [1.807, 2.05) is 12.1 Å². The lowest BCUT2D eigenvalue weighted by molar-refractivity contribution is 0.178. The lowest BCUT2D eigenvalue weighted by Gasteiger charge is -2.02. The maximum atomic E-state index is 5.91. The number of thiophene rings is 1. The topological polar surface area (TPSA) is 35.0 Å². The minimum absolute atomic E-state index is 0.340. The van der Waals surface area contributed by atoms with Gasteiger partial charge in [-0.05, 0) is 12.1 Å². The van der Waals surface area contributed by atoms with Crippen LogP contribution >= 0.6 is 34.5 Å². The Balaban J connectivity index is 2.40. The van der Waals surface area contributed by atoms with Gasteiger partial charge < -0.3 is 4.74 Å². The van der Waals surface area contributed by atoms with Crippen LogP contribution < -0.4 is 0 Å². The molecule has 0 saturated heterocycles. The molecule has 2 aromatic rings. The summed E-state index contributed by atoms with van der Waals surface area (Å²) in [4.78, 5) is 9.36. The van der Waals surface area contributed by atoms with Crippen molar-refractivity contribution in [2.45, 2.75) is 6.61 Å². The minimum Gasteiger partial charge on any atom is -0.377 e. The zero-order chi connectivity index (χ0) is 11.5. The molecule has 0 aliphatic carbocycles. The first kappa shape index (κ1) is 11.8. The Hall–Kier alpha value is -0.680. The molecule has 0 fully saturated rings. The van der Waals surface area contributed by atoms with E-state index in [-0.39, 0.29) is 0 Å². The molecule has 0 aliphatic rings. The summed E-state index contributed by atoms with van der Waals surface area (Å²) in [6.07, 6.45) is 0. The van der Waals surface area contributed by atoms with Crippen molar-refractivity contribution < 1.29 is 4.74 Å². The zero-order valence-electron chi connectivity index (χ0n) is 8.41. The van der Waals surface area contributed by atoms with Gasteiger partial charge in [0.1, 0.15) is 11.8 Å². The predicted molar refractivity (Wildman–Crippen MR) is 66.1 cm³/mol. The van der Waals surface area contributed by atoms with Gasteiger partial charge in [-0.15, -0.1) is 11.3 Å². The van der Waals surface area contributed by atoms with Crippen molar-refractivity contribution in [2.75, 3.05) is 7.11 Å². The fourth-order valence-electron chi connectivity index (χ4n) is 1.24. The number of ether oxygens (including phenoxy) is 1. The molecule has 0 aliphatic heterocycles. The van der Waals surface area contributed by atoms with Gasteiger partial charge in [0.15, 0.2) is 5.82 Å². The van der Waals surface area contributed by atoms with Crippen LogP contribution in [0.2, 0.25) is 9.49 Å². The molecule has 0 amide bonds. The number of nitrogens with zero attached hydrogens (tertiary/aromatic N) is 2. The summed E-state index contributed by atoms with van der Waals surface area (Å²) in [5.74, 6) is 0.564. The molecule has 0 unspecified atom stereocenters. The third kappa shape index (κ3) is 2.71. The first-order chi connectivity index (χ1) is 7.69. The van der Waals surface area contributed by atoms with Crippen molar-refractivity contribution in [2.24, 2.45) is 0 Å². The van der Waals surface area contributed by atoms with E-state index in [0.29, 0.717) is 17.6 Å². The van der Waals surface area contributed by atoms with Crippen molar-refractivity contribution in [1.29, 1.82) is 0 Å². The second kappa shape index (κ2) is 5.10. The normalized spacial score (nSPS) is 10.7. The van der Waals surface area contributed by atoms with Crippen LogP contribution in [0.25, 0.3) is 10.6 Å². The van der Waals surface area contributed by atoms with Gasteiger partial charge in [0.05, 0.1) is 14.9 Å². The van der Waals surface area contributed by atoms with Crippen LogP contribution in [0.3, 0.4) is 0 Å². The van der Waals surface area contributed by atoms with E-state index in [9.17, 15) is 0 Å².